The van der Waals surface area contributed by atoms with Crippen LogP contribution >= 0.6 is 11.6 Å². The smallest absolute Gasteiger partial charge is 0.340 e. The first-order chi connectivity index (χ1) is 14.0. The lowest BCUT2D eigenvalue weighted by molar-refractivity contribution is 0.0317. The molecule has 10 heteroatoms. The molecule has 0 aliphatic rings. The number of hydrogen-bond donors (Lipinski definition) is 0. The van der Waals surface area contributed by atoms with E-state index in [0.717, 1.165) is 10.4 Å². The summed E-state index contributed by atoms with van der Waals surface area (Å²) in [4.78, 5) is 25.2. The minimum absolute atomic E-state index is 0.000571. The van der Waals surface area contributed by atoms with Crippen molar-refractivity contribution in [3.05, 3.63) is 52.5 Å². The lowest BCUT2D eigenvalue weighted by Crippen LogP contribution is -2.26. The largest absolute Gasteiger partial charge is 0.497 e. The summed E-state index contributed by atoms with van der Waals surface area (Å²) in [7, 11) is 1.83. The van der Waals surface area contributed by atoms with Crippen LogP contribution in [0.5, 0.6) is 11.5 Å². The van der Waals surface area contributed by atoms with Gasteiger partial charge in [-0.25, -0.2) is 17.5 Å². The van der Waals surface area contributed by atoms with Gasteiger partial charge in [-0.2, -0.15) is 0 Å². The van der Waals surface area contributed by atoms with E-state index < -0.39 is 27.9 Å². The van der Waals surface area contributed by atoms with Crippen molar-refractivity contribution >= 4 is 33.4 Å². The maximum atomic E-state index is 12.8. The SMILES string of the molecule is COc1ccc(C(=O)[C@H](C)OC(=O)c2cc(S(=O)(=O)N(C)C)ccc2Cl)c(OC)c1. The Balaban J connectivity index is 2.29. The quantitative estimate of drug-likeness (QED) is 0.445. The maximum Gasteiger partial charge on any atom is 0.340 e. The third-order valence-electron chi connectivity index (χ3n) is 4.26. The molecule has 0 N–H and O–H groups in total. The first-order valence-corrected chi connectivity index (χ1v) is 10.5. The van der Waals surface area contributed by atoms with Crippen LogP contribution in [0.2, 0.25) is 5.02 Å². The fourth-order valence-electron chi connectivity index (χ4n) is 2.53. The molecule has 0 radical (unpaired) electrons. The molecular formula is C20H22ClNO7S. The Kier molecular flexibility index (Phi) is 7.46. The van der Waals surface area contributed by atoms with Crippen molar-refractivity contribution in [1.82, 2.24) is 4.31 Å². The van der Waals surface area contributed by atoms with Crippen LogP contribution in [0, 0.1) is 0 Å². The van der Waals surface area contributed by atoms with Crippen molar-refractivity contribution in [2.75, 3.05) is 28.3 Å². The van der Waals surface area contributed by atoms with Gasteiger partial charge in [0, 0.05) is 20.2 Å². The third kappa shape index (κ3) is 4.92. The Morgan fingerprint density at radius 1 is 1.00 bits per heavy atom. The van der Waals surface area contributed by atoms with E-state index in [0.29, 0.717) is 5.75 Å². The number of benzene rings is 2. The van der Waals surface area contributed by atoms with E-state index in [2.05, 4.69) is 0 Å². The van der Waals surface area contributed by atoms with Crippen LogP contribution in [0.15, 0.2) is 41.3 Å². The van der Waals surface area contributed by atoms with Crippen LogP contribution in [-0.2, 0) is 14.8 Å². The fourth-order valence-corrected chi connectivity index (χ4v) is 3.65. The molecule has 0 unspecified atom stereocenters. The molecule has 0 spiro atoms. The summed E-state index contributed by atoms with van der Waals surface area (Å²) in [5.41, 5.74) is 0.0366. The van der Waals surface area contributed by atoms with E-state index in [1.165, 1.54) is 59.5 Å². The number of carbonyl (C=O) groups is 2. The van der Waals surface area contributed by atoms with Crippen LogP contribution in [0.3, 0.4) is 0 Å². The van der Waals surface area contributed by atoms with E-state index in [1.807, 2.05) is 0 Å². The number of esters is 1. The Bertz CT molecular complexity index is 1070. The molecule has 0 aliphatic heterocycles. The number of rotatable bonds is 8. The van der Waals surface area contributed by atoms with Crippen LogP contribution in [0.25, 0.3) is 0 Å². The average Bonchev–Trinajstić information content (AvgIpc) is 2.72. The summed E-state index contributed by atoms with van der Waals surface area (Å²) >= 11 is 6.05. The zero-order valence-corrected chi connectivity index (χ0v) is 18.7. The minimum Gasteiger partial charge on any atom is -0.497 e. The van der Waals surface area contributed by atoms with Crippen molar-refractivity contribution in [3.8, 4) is 11.5 Å². The molecule has 162 valence electrons. The van der Waals surface area contributed by atoms with Crippen molar-refractivity contribution in [1.29, 1.82) is 0 Å². The standard InChI is InChI=1S/C20H22ClNO7S/c1-12(19(23)15-8-6-13(27-4)10-18(15)28-5)29-20(24)16-11-14(7-9-17(16)21)30(25,26)22(2)3/h6-12H,1-5H3/t12-/m0/s1. The number of sulfonamides is 1. The zero-order valence-electron chi connectivity index (χ0n) is 17.1. The molecule has 2 aromatic rings. The van der Waals surface area contributed by atoms with Gasteiger partial charge in [0.2, 0.25) is 15.8 Å². The van der Waals surface area contributed by atoms with Gasteiger partial charge in [-0.15, -0.1) is 0 Å². The monoisotopic (exact) mass is 455 g/mol. The van der Waals surface area contributed by atoms with Crippen LogP contribution in [0.1, 0.15) is 27.6 Å². The third-order valence-corrected chi connectivity index (χ3v) is 6.40. The van der Waals surface area contributed by atoms with Crippen molar-refractivity contribution in [2.24, 2.45) is 0 Å². The first kappa shape index (κ1) is 23.7. The summed E-state index contributed by atoms with van der Waals surface area (Å²) in [5.74, 6) is -0.668. The molecule has 30 heavy (non-hydrogen) atoms. The lowest BCUT2D eigenvalue weighted by Gasteiger charge is -2.16. The second-order valence-corrected chi connectivity index (χ2v) is 8.97. The molecule has 0 bridgehead atoms. The second kappa shape index (κ2) is 9.46. The van der Waals surface area contributed by atoms with Gasteiger partial charge in [0.15, 0.2) is 6.10 Å². The number of Topliss-reactive ketones (excluding diaryl/α,β-unsaturated/α-hetero) is 1. The second-order valence-electron chi connectivity index (χ2n) is 6.41. The van der Waals surface area contributed by atoms with E-state index in [-0.39, 0.29) is 26.8 Å². The van der Waals surface area contributed by atoms with Crippen molar-refractivity contribution in [3.63, 3.8) is 0 Å². The average molecular weight is 456 g/mol. The number of halogens is 1. The Morgan fingerprint density at radius 2 is 1.67 bits per heavy atom. The number of methoxy groups -OCH3 is 2. The maximum absolute atomic E-state index is 12.8. The van der Waals surface area contributed by atoms with Gasteiger partial charge in [0.05, 0.1) is 35.3 Å². The van der Waals surface area contributed by atoms with Crippen LogP contribution in [-0.4, -0.2) is 58.9 Å². The molecular weight excluding hydrogens is 434 g/mol. The van der Waals surface area contributed by atoms with Gasteiger partial charge in [-0.3, -0.25) is 4.79 Å². The Hall–Kier alpha value is -2.62. The number of carbonyl (C=O) groups excluding carboxylic acids is 2. The lowest BCUT2D eigenvalue weighted by atomic mass is 10.1. The molecule has 0 saturated heterocycles. The first-order valence-electron chi connectivity index (χ1n) is 8.72. The molecule has 0 aliphatic carbocycles. The van der Waals surface area contributed by atoms with Crippen LogP contribution < -0.4 is 9.47 Å². The molecule has 2 rings (SSSR count). The minimum atomic E-state index is -3.78. The summed E-state index contributed by atoms with van der Waals surface area (Å²) in [6.45, 7) is 1.40. The highest BCUT2D eigenvalue weighted by molar-refractivity contribution is 7.89. The highest BCUT2D eigenvalue weighted by Gasteiger charge is 2.26. The zero-order chi connectivity index (χ0) is 22.6. The summed E-state index contributed by atoms with van der Waals surface area (Å²) in [6.07, 6.45) is -1.18. The molecule has 0 heterocycles. The van der Waals surface area contributed by atoms with Gasteiger partial charge >= 0.3 is 5.97 Å². The topological polar surface area (TPSA) is 99.2 Å². The molecule has 8 nitrogen and oxygen atoms in total. The molecule has 0 fully saturated rings. The predicted octanol–water partition coefficient (Wildman–Crippen LogP) is 3.04. The van der Waals surface area contributed by atoms with Gasteiger partial charge in [-0.05, 0) is 37.3 Å². The molecule has 0 aromatic heterocycles. The highest BCUT2D eigenvalue weighted by Crippen LogP contribution is 2.27. The van der Waals surface area contributed by atoms with E-state index >= 15 is 0 Å². The molecule has 2 aromatic carbocycles. The molecule has 1 atom stereocenters. The Morgan fingerprint density at radius 3 is 2.23 bits per heavy atom. The number of ether oxygens (including phenoxy) is 3. The summed E-state index contributed by atoms with van der Waals surface area (Å²) < 4.78 is 41.2. The van der Waals surface area contributed by atoms with Crippen molar-refractivity contribution < 1.29 is 32.2 Å². The van der Waals surface area contributed by atoms with Gasteiger partial charge < -0.3 is 14.2 Å². The van der Waals surface area contributed by atoms with Gasteiger partial charge in [-0.1, -0.05) is 11.6 Å². The summed E-state index contributed by atoms with van der Waals surface area (Å²) in [5, 5.41) is -0.000571. The number of nitrogens with zero attached hydrogens (tertiary/aromatic N) is 1. The highest BCUT2D eigenvalue weighted by atomic mass is 35.5. The van der Waals surface area contributed by atoms with Crippen LogP contribution in [0.4, 0.5) is 0 Å². The van der Waals surface area contributed by atoms with Gasteiger partial charge in [0.25, 0.3) is 0 Å². The normalized spacial score (nSPS) is 12.4. The van der Waals surface area contributed by atoms with Crippen molar-refractivity contribution in [2.45, 2.75) is 17.9 Å². The van der Waals surface area contributed by atoms with E-state index in [9.17, 15) is 18.0 Å². The Labute approximate surface area is 180 Å². The molecule has 0 saturated carbocycles. The van der Waals surface area contributed by atoms with E-state index in [1.54, 1.807) is 6.07 Å². The van der Waals surface area contributed by atoms with Gasteiger partial charge in [0.1, 0.15) is 11.5 Å². The predicted molar refractivity (Wildman–Crippen MR) is 111 cm³/mol. The number of hydrogen-bond acceptors (Lipinski definition) is 7. The summed E-state index contributed by atoms with van der Waals surface area (Å²) in [6, 6.07) is 8.30. The number of ketones is 1. The van der Waals surface area contributed by atoms with E-state index in [4.69, 9.17) is 25.8 Å². The fraction of sp³-hybridized carbons (Fsp3) is 0.300. The molecule has 0 amide bonds.